The van der Waals surface area contributed by atoms with Crippen molar-refractivity contribution in [3.63, 3.8) is 0 Å². The van der Waals surface area contributed by atoms with E-state index in [1.807, 2.05) is 12.2 Å². The van der Waals surface area contributed by atoms with Crippen LogP contribution >= 0.6 is 0 Å². The van der Waals surface area contributed by atoms with E-state index in [1.54, 1.807) is 24.3 Å². The summed E-state index contributed by atoms with van der Waals surface area (Å²) < 4.78 is 0. The Hall–Kier alpha value is -2.63. The normalized spacial score (nSPS) is 29.4. The van der Waals surface area contributed by atoms with Gasteiger partial charge in [-0.05, 0) is 49.3 Å². The molecule has 0 heterocycles. The number of nitrogens with one attached hydrogen (secondary N) is 2. The quantitative estimate of drug-likeness (QED) is 0.718. The number of hydrogen-bond acceptors (Lipinski definition) is 3. The molecule has 25 heavy (non-hydrogen) atoms. The zero-order valence-corrected chi connectivity index (χ0v) is 13.6. The number of rotatable bonds is 5. The Morgan fingerprint density at radius 1 is 0.920 bits per heavy atom. The van der Waals surface area contributed by atoms with Crippen LogP contribution in [0.5, 0.6) is 0 Å². The number of carbonyl (C=O) groups is 3. The van der Waals surface area contributed by atoms with Gasteiger partial charge in [0.25, 0.3) is 0 Å². The van der Waals surface area contributed by atoms with Gasteiger partial charge in [0.1, 0.15) is 0 Å². The van der Waals surface area contributed by atoms with Crippen molar-refractivity contribution in [2.24, 2.45) is 29.6 Å². The van der Waals surface area contributed by atoms with Crippen LogP contribution in [0, 0.1) is 29.6 Å². The molecule has 1 aromatic rings. The summed E-state index contributed by atoms with van der Waals surface area (Å²) in [5.41, 5.74) is 1.20. The Labute approximate surface area is 145 Å². The topological polar surface area (TPSA) is 95.5 Å². The van der Waals surface area contributed by atoms with Gasteiger partial charge in [0.2, 0.25) is 11.8 Å². The van der Waals surface area contributed by atoms with E-state index in [0.717, 1.165) is 19.3 Å². The fourth-order valence-corrected chi connectivity index (χ4v) is 4.01. The maximum absolute atomic E-state index is 12.7. The SMILES string of the molecule is O=C(Nc1cccc(NC(=O)[C@@H]2[C@H](C(=O)O)[C@H]3C=C[C@H]2C3)c1)C1CC1. The van der Waals surface area contributed by atoms with Gasteiger partial charge in [-0.3, -0.25) is 14.4 Å². The summed E-state index contributed by atoms with van der Waals surface area (Å²) in [4.78, 5) is 36.1. The fraction of sp³-hybridized carbons (Fsp3) is 0.421. The first-order valence-corrected chi connectivity index (χ1v) is 8.66. The van der Waals surface area contributed by atoms with Gasteiger partial charge in [0.15, 0.2) is 0 Å². The Bertz CT molecular complexity index is 768. The molecular formula is C19H20N2O4. The molecule has 3 aliphatic carbocycles. The molecule has 0 aromatic heterocycles. The van der Waals surface area contributed by atoms with Gasteiger partial charge >= 0.3 is 5.97 Å². The molecular weight excluding hydrogens is 320 g/mol. The van der Waals surface area contributed by atoms with Crippen LogP contribution < -0.4 is 10.6 Å². The second kappa shape index (κ2) is 6.02. The van der Waals surface area contributed by atoms with E-state index >= 15 is 0 Å². The van der Waals surface area contributed by atoms with Crippen molar-refractivity contribution in [3.8, 4) is 0 Å². The van der Waals surface area contributed by atoms with Crippen molar-refractivity contribution >= 4 is 29.2 Å². The third-order valence-corrected chi connectivity index (χ3v) is 5.39. The summed E-state index contributed by atoms with van der Waals surface area (Å²) in [6.07, 6.45) is 6.46. The average molecular weight is 340 g/mol. The lowest BCUT2D eigenvalue weighted by Crippen LogP contribution is -2.36. The second-order valence-corrected chi connectivity index (χ2v) is 7.17. The molecule has 2 amide bonds. The summed E-state index contributed by atoms with van der Waals surface area (Å²) in [6.45, 7) is 0. The van der Waals surface area contributed by atoms with Crippen LogP contribution in [0.2, 0.25) is 0 Å². The van der Waals surface area contributed by atoms with Crippen LogP contribution in [0.25, 0.3) is 0 Å². The molecule has 0 unspecified atom stereocenters. The highest BCUT2D eigenvalue weighted by molar-refractivity contribution is 5.98. The molecule has 2 saturated carbocycles. The number of aliphatic carboxylic acids is 1. The Balaban J connectivity index is 1.46. The molecule has 3 aliphatic rings. The fourth-order valence-electron chi connectivity index (χ4n) is 4.01. The van der Waals surface area contributed by atoms with Gasteiger partial charge in [-0.15, -0.1) is 0 Å². The molecule has 4 atom stereocenters. The molecule has 2 fully saturated rings. The zero-order valence-electron chi connectivity index (χ0n) is 13.6. The summed E-state index contributed by atoms with van der Waals surface area (Å²) in [6, 6.07) is 6.98. The summed E-state index contributed by atoms with van der Waals surface area (Å²) in [5.74, 6) is -2.34. The molecule has 0 spiro atoms. The molecule has 0 aliphatic heterocycles. The van der Waals surface area contributed by atoms with Crippen molar-refractivity contribution in [2.75, 3.05) is 10.6 Å². The predicted molar refractivity (Wildman–Crippen MR) is 91.8 cm³/mol. The van der Waals surface area contributed by atoms with Gasteiger partial charge < -0.3 is 15.7 Å². The van der Waals surface area contributed by atoms with Crippen LogP contribution in [-0.4, -0.2) is 22.9 Å². The minimum absolute atomic E-state index is 0.00709. The molecule has 130 valence electrons. The first kappa shape index (κ1) is 15.9. The van der Waals surface area contributed by atoms with Crippen LogP contribution in [0.4, 0.5) is 11.4 Å². The number of amides is 2. The first-order chi connectivity index (χ1) is 12.0. The number of anilines is 2. The predicted octanol–water partition coefficient (Wildman–Crippen LogP) is 2.50. The minimum Gasteiger partial charge on any atom is -0.481 e. The first-order valence-electron chi connectivity index (χ1n) is 8.66. The van der Waals surface area contributed by atoms with Gasteiger partial charge in [-0.25, -0.2) is 0 Å². The molecule has 6 nitrogen and oxygen atoms in total. The van der Waals surface area contributed by atoms with Crippen molar-refractivity contribution < 1.29 is 19.5 Å². The second-order valence-electron chi connectivity index (χ2n) is 7.17. The number of allylic oxidation sites excluding steroid dienone is 2. The molecule has 4 rings (SSSR count). The number of benzene rings is 1. The van der Waals surface area contributed by atoms with Crippen molar-refractivity contribution in [2.45, 2.75) is 19.3 Å². The number of carbonyl (C=O) groups excluding carboxylic acids is 2. The molecule has 1 aromatic carbocycles. The molecule has 0 saturated heterocycles. The smallest absolute Gasteiger partial charge is 0.307 e. The van der Waals surface area contributed by atoms with Crippen molar-refractivity contribution in [1.29, 1.82) is 0 Å². The average Bonchev–Trinajstić information content (AvgIpc) is 3.23. The highest BCUT2D eigenvalue weighted by Crippen LogP contribution is 2.48. The van der Waals surface area contributed by atoms with Crippen LogP contribution in [-0.2, 0) is 14.4 Å². The van der Waals surface area contributed by atoms with Gasteiger partial charge in [-0.1, -0.05) is 18.2 Å². The summed E-state index contributed by atoms with van der Waals surface area (Å²) in [7, 11) is 0. The molecule has 6 heteroatoms. The largest absolute Gasteiger partial charge is 0.481 e. The molecule has 3 N–H and O–H groups in total. The lowest BCUT2D eigenvalue weighted by atomic mass is 9.82. The Kier molecular flexibility index (Phi) is 3.82. The number of fused-ring (bicyclic) bond motifs is 2. The van der Waals surface area contributed by atoms with Crippen molar-refractivity contribution in [1.82, 2.24) is 0 Å². The molecule has 0 radical (unpaired) electrons. The van der Waals surface area contributed by atoms with E-state index in [9.17, 15) is 19.5 Å². The van der Waals surface area contributed by atoms with Gasteiger partial charge in [-0.2, -0.15) is 0 Å². The number of carboxylic acid groups (broad SMARTS) is 1. The van der Waals surface area contributed by atoms with Crippen LogP contribution in [0.1, 0.15) is 19.3 Å². The van der Waals surface area contributed by atoms with E-state index in [2.05, 4.69) is 10.6 Å². The van der Waals surface area contributed by atoms with Crippen LogP contribution in [0.3, 0.4) is 0 Å². The highest BCUT2D eigenvalue weighted by Gasteiger charge is 2.51. The van der Waals surface area contributed by atoms with Gasteiger partial charge in [0, 0.05) is 17.3 Å². The monoisotopic (exact) mass is 340 g/mol. The Morgan fingerprint density at radius 3 is 2.12 bits per heavy atom. The van der Waals surface area contributed by atoms with E-state index in [-0.39, 0.29) is 29.6 Å². The van der Waals surface area contributed by atoms with E-state index in [0.29, 0.717) is 11.4 Å². The summed E-state index contributed by atoms with van der Waals surface area (Å²) in [5, 5.41) is 15.1. The zero-order chi connectivity index (χ0) is 17.6. The third-order valence-electron chi connectivity index (χ3n) is 5.39. The van der Waals surface area contributed by atoms with Crippen LogP contribution in [0.15, 0.2) is 36.4 Å². The van der Waals surface area contributed by atoms with Crippen molar-refractivity contribution in [3.05, 3.63) is 36.4 Å². The molecule has 2 bridgehead atoms. The van der Waals surface area contributed by atoms with Gasteiger partial charge in [0.05, 0.1) is 11.8 Å². The maximum atomic E-state index is 12.7. The Morgan fingerprint density at radius 2 is 1.52 bits per heavy atom. The highest BCUT2D eigenvalue weighted by atomic mass is 16.4. The number of hydrogen-bond donors (Lipinski definition) is 3. The van der Waals surface area contributed by atoms with E-state index in [4.69, 9.17) is 0 Å². The van der Waals surface area contributed by atoms with E-state index < -0.39 is 17.8 Å². The number of carboxylic acids is 1. The lowest BCUT2D eigenvalue weighted by molar-refractivity contribution is -0.146. The minimum atomic E-state index is -0.914. The summed E-state index contributed by atoms with van der Waals surface area (Å²) >= 11 is 0. The van der Waals surface area contributed by atoms with E-state index in [1.165, 1.54) is 0 Å². The third kappa shape index (κ3) is 3.04. The lowest BCUT2D eigenvalue weighted by Gasteiger charge is -2.24. The standard InChI is InChI=1S/C19H20N2O4/c22-17(10-4-5-10)20-13-2-1-3-14(9-13)21-18(23)15-11-6-7-12(8-11)16(15)19(24)25/h1-3,6-7,9-12,15-16H,4-5,8H2,(H,20,22)(H,21,23)(H,24,25)/t11-,12-,15-,16+/m0/s1. The maximum Gasteiger partial charge on any atom is 0.307 e.